The topological polar surface area (TPSA) is 62.7 Å². The molecule has 0 aliphatic heterocycles. The maximum absolute atomic E-state index is 11.2. The van der Waals surface area contributed by atoms with Crippen molar-refractivity contribution in [2.24, 2.45) is 0 Å². The number of aromatic nitrogens is 1. The molecule has 0 saturated carbocycles. The lowest BCUT2D eigenvalue weighted by Gasteiger charge is -2.31. The van der Waals surface area contributed by atoms with E-state index in [2.05, 4.69) is 23.7 Å². The minimum absolute atomic E-state index is 0.279. The molecule has 112 valence electrons. The first-order valence-electron chi connectivity index (χ1n) is 7.01. The second-order valence-corrected chi connectivity index (χ2v) is 4.82. The van der Waals surface area contributed by atoms with Gasteiger partial charge >= 0.3 is 5.97 Å². The molecule has 0 saturated heterocycles. The number of carboxylic acid groups (broad SMARTS) is 1. The van der Waals surface area contributed by atoms with Gasteiger partial charge in [0.15, 0.2) is 0 Å². The van der Waals surface area contributed by atoms with Crippen molar-refractivity contribution >= 4 is 11.8 Å². The molecule has 5 heteroatoms. The molecule has 1 heterocycles. The third-order valence-electron chi connectivity index (χ3n) is 3.40. The molecule has 0 aliphatic carbocycles. The molecule has 0 fully saturated rings. The van der Waals surface area contributed by atoms with Crippen molar-refractivity contribution < 1.29 is 14.6 Å². The molecule has 20 heavy (non-hydrogen) atoms. The molecule has 0 atom stereocenters. The summed E-state index contributed by atoms with van der Waals surface area (Å²) in [5.41, 5.74) is 0.995. The summed E-state index contributed by atoms with van der Waals surface area (Å²) in [5.74, 6) is -0.207. The zero-order valence-corrected chi connectivity index (χ0v) is 12.7. The van der Waals surface area contributed by atoms with E-state index >= 15 is 0 Å². The molecule has 1 N–H and O–H groups in total. The number of hydrogen-bond donors (Lipinski definition) is 1. The highest BCUT2D eigenvalue weighted by Crippen LogP contribution is 2.20. The highest BCUT2D eigenvalue weighted by atomic mass is 16.5. The van der Waals surface area contributed by atoms with Gasteiger partial charge in [0.1, 0.15) is 5.82 Å². The average molecular weight is 280 g/mol. The van der Waals surface area contributed by atoms with Crippen LogP contribution in [0.4, 0.5) is 5.82 Å². The normalized spacial score (nSPS) is 10.8. The van der Waals surface area contributed by atoms with Crippen molar-refractivity contribution in [1.82, 2.24) is 4.98 Å². The molecule has 1 aromatic rings. The maximum Gasteiger partial charge on any atom is 0.335 e. The van der Waals surface area contributed by atoms with Gasteiger partial charge in [-0.05, 0) is 31.9 Å². The summed E-state index contributed by atoms with van der Waals surface area (Å²) < 4.78 is 5.16. The molecule has 0 unspecified atom stereocenters. The molecule has 0 aliphatic rings. The van der Waals surface area contributed by atoms with E-state index in [-0.39, 0.29) is 5.56 Å². The van der Waals surface area contributed by atoms with Crippen molar-refractivity contribution in [3.05, 3.63) is 23.4 Å². The Balaban J connectivity index is 3.14. The van der Waals surface area contributed by atoms with Gasteiger partial charge in [0, 0.05) is 25.4 Å². The number of aryl methyl sites for hydroxylation is 1. The Labute approximate surface area is 120 Å². The van der Waals surface area contributed by atoms with Crippen LogP contribution < -0.4 is 4.90 Å². The highest BCUT2D eigenvalue weighted by Gasteiger charge is 2.18. The molecular formula is C15H24N2O3. The minimum Gasteiger partial charge on any atom is -0.478 e. The van der Waals surface area contributed by atoms with Crippen LogP contribution in [0, 0.1) is 6.92 Å². The smallest absolute Gasteiger partial charge is 0.335 e. The largest absolute Gasteiger partial charge is 0.478 e. The Hall–Kier alpha value is -1.62. The first kappa shape index (κ1) is 16.4. The van der Waals surface area contributed by atoms with Crippen LogP contribution >= 0.6 is 0 Å². The van der Waals surface area contributed by atoms with Gasteiger partial charge < -0.3 is 14.7 Å². The van der Waals surface area contributed by atoms with Gasteiger partial charge in [-0.15, -0.1) is 0 Å². The molecular weight excluding hydrogens is 256 g/mol. The Bertz CT molecular complexity index is 445. The van der Waals surface area contributed by atoms with Gasteiger partial charge in [0.25, 0.3) is 0 Å². The third kappa shape index (κ3) is 4.20. The lowest BCUT2D eigenvalue weighted by atomic mass is 10.1. The summed E-state index contributed by atoms with van der Waals surface area (Å²) in [5, 5.41) is 9.17. The van der Waals surface area contributed by atoms with E-state index in [9.17, 15) is 9.90 Å². The van der Waals surface area contributed by atoms with E-state index in [4.69, 9.17) is 4.74 Å². The zero-order chi connectivity index (χ0) is 15.1. The summed E-state index contributed by atoms with van der Waals surface area (Å²) in [6.45, 7) is 7.37. The quantitative estimate of drug-likeness (QED) is 0.793. The van der Waals surface area contributed by atoms with Crippen LogP contribution in [-0.4, -0.2) is 42.4 Å². The lowest BCUT2D eigenvalue weighted by molar-refractivity contribution is 0.0696. The number of pyridine rings is 1. The van der Waals surface area contributed by atoms with E-state index in [0.29, 0.717) is 30.7 Å². The van der Waals surface area contributed by atoms with Gasteiger partial charge in [-0.1, -0.05) is 13.8 Å². The Morgan fingerprint density at radius 1 is 1.40 bits per heavy atom. The van der Waals surface area contributed by atoms with E-state index in [1.165, 1.54) is 0 Å². The number of aromatic carboxylic acids is 1. The molecule has 5 nitrogen and oxygen atoms in total. The monoisotopic (exact) mass is 280 g/mol. The Morgan fingerprint density at radius 2 is 2.05 bits per heavy atom. The van der Waals surface area contributed by atoms with Crippen LogP contribution in [0.5, 0.6) is 0 Å². The van der Waals surface area contributed by atoms with Crippen LogP contribution in [0.3, 0.4) is 0 Å². The fraction of sp³-hybridized carbons (Fsp3) is 0.600. The SMILES string of the molecule is CCC(CC)N(CCOC)c1cc(C(=O)O)cc(C)n1. The summed E-state index contributed by atoms with van der Waals surface area (Å²) in [6, 6.07) is 3.57. The Kier molecular flexibility index (Phi) is 6.45. The molecule has 1 aromatic heterocycles. The van der Waals surface area contributed by atoms with Crippen molar-refractivity contribution in [2.45, 2.75) is 39.7 Å². The van der Waals surface area contributed by atoms with Crippen LogP contribution in [0.15, 0.2) is 12.1 Å². The fourth-order valence-electron chi connectivity index (χ4n) is 2.32. The second-order valence-electron chi connectivity index (χ2n) is 4.82. The van der Waals surface area contributed by atoms with Gasteiger partial charge in [-0.3, -0.25) is 0 Å². The minimum atomic E-state index is -0.923. The van der Waals surface area contributed by atoms with Gasteiger partial charge in [0.2, 0.25) is 0 Å². The average Bonchev–Trinajstić information content (AvgIpc) is 2.42. The first-order valence-corrected chi connectivity index (χ1v) is 7.01. The standard InChI is InChI=1S/C15H24N2O3/c1-5-13(6-2)17(7-8-20-4)14-10-12(15(18)19)9-11(3)16-14/h9-10,13H,5-8H2,1-4H3,(H,18,19). The van der Waals surface area contributed by atoms with Crippen molar-refractivity contribution in [1.29, 1.82) is 0 Å². The van der Waals surface area contributed by atoms with Crippen LogP contribution in [0.1, 0.15) is 42.7 Å². The molecule has 0 spiro atoms. The summed E-state index contributed by atoms with van der Waals surface area (Å²) in [4.78, 5) is 17.8. The number of nitrogens with zero attached hydrogens (tertiary/aromatic N) is 2. The summed E-state index contributed by atoms with van der Waals surface area (Å²) >= 11 is 0. The van der Waals surface area contributed by atoms with E-state index < -0.39 is 5.97 Å². The predicted molar refractivity (Wildman–Crippen MR) is 79.5 cm³/mol. The zero-order valence-electron chi connectivity index (χ0n) is 12.7. The summed E-state index contributed by atoms with van der Waals surface area (Å²) in [6.07, 6.45) is 1.97. The molecule has 1 rings (SSSR count). The number of methoxy groups -OCH3 is 1. The van der Waals surface area contributed by atoms with Crippen molar-refractivity contribution in [3.8, 4) is 0 Å². The maximum atomic E-state index is 11.2. The lowest BCUT2D eigenvalue weighted by Crippen LogP contribution is -2.38. The van der Waals surface area contributed by atoms with Gasteiger partial charge in [-0.2, -0.15) is 0 Å². The molecule has 0 bridgehead atoms. The number of carbonyl (C=O) groups is 1. The van der Waals surface area contributed by atoms with Crippen molar-refractivity contribution in [3.63, 3.8) is 0 Å². The number of ether oxygens (including phenoxy) is 1. The summed E-state index contributed by atoms with van der Waals surface area (Å²) in [7, 11) is 1.66. The predicted octanol–water partition coefficient (Wildman–Crippen LogP) is 2.73. The second kappa shape index (κ2) is 7.85. The van der Waals surface area contributed by atoms with Crippen molar-refractivity contribution in [2.75, 3.05) is 25.2 Å². The third-order valence-corrected chi connectivity index (χ3v) is 3.40. The number of carboxylic acids is 1. The van der Waals surface area contributed by atoms with Gasteiger partial charge in [-0.25, -0.2) is 9.78 Å². The van der Waals surface area contributed by atoms with E-state index in [1.807, 2.05) is 6.92 Å². The van der Waals surface area contributed by atoms with Crippen LogP contribution in [0.2, 0.25) is 0 Å². The van der Waals surface area contributed by atoms with Crippen LogP contribution in [-0.2, 0) is 4.74 Å². The fourth-order valence-corrected chi connectivity index (χ4v) is 2.32. The number of anilines is 1. The van der Waals surface area contributed by atoms with Gasteiger partial charge in [0.05, 0.1) is 12.2 Å². The highest BCUT2D eigenvalue weighted by molar-refractivity contribution is 5.88. The molecule has 0 amide bonds. The molecule has 0 radical (unpaired) electrons. The van der Waals surface area contributed by atoms with Crippen LogP contribution in [0.25, 0.3) is 0 Å². The molecule has 0 aromatic carbocycles. The van der Waals surface area contributed by atoms with E-state index in [1.54, 1.807) is 19.2 Å². The number of rotatable bonds is 8. The number of hydrogen-bond acceptors (Lipinski definition) is 4. The van der Waals surface area contributed by atoms with E-state index in [0.717, 1.165) is 12.8 Å². The first-order chi connectivity index (χ1) is 9.53. The Morgan fingerprint density at radius 3 is 2.55 bits per heavy atom.